The molecule has 4 nitrogen and oxygen atoms in total. The minimum Gasteiger partial charge on any atom is -0.416 e. The highest BCUT2D eigenvalue weighted by atomic mass is 35.5. The maximum absolute atomic E-state index is 5.73. The third-order valence-electron chi connectivity index (χ3n) is 1.41. The van der Waals surface area contributed by atoms with Crippen LogP contribution in [0, 0.1) is 6.92 Å². The monoisotopic (exact) mass is 227 g/mol. The maximum atomic E-state index is 5.73. The van der Waals surface area contributed by atoms with Gasteiger partial charge in [-0.05, 0) is 23.9 Å². The van der Waals surface area contributed by atoms with E-state index in [-0.39, 0.29) is 0 Å². The second-order valence-electron chi connectivity index (χ2n) is 2.50. The Bertz CT molecular complexity index is 446. The molecule has 0 aliphatic carbocycles. The van der Waals surface area contributed by atoms with E-state index in [4.69, 9.17) is 16.0 Å². The van der Waals surface area contributed by atoms with E-state index in [1.165, 1.54) is 11.8 Å². The molecule has 2 rings (SSSR count). The van der Waals surface area contributed by atoms with Gasteiger partial charge in [-0.3, -0.25) is 0 Å². The Morgan fingerprint density at radius 2 is 2.29 bits per heavy atom. The second-order valence-corrected chi connectivity index (χ2v) is 3.92. The first-order valence-electron chi connectivity index (χ1n) is 3.83. The lowest BCUT2D eigenvalue weighted by Crippen LogP contribution is -1.76. The molecule has 14 heavy (non-hydrogen) atoms. The molecule has 0 saturated carbocycles. The molecule has 0 fully saturated rings. The molecule has 6 heteroatoms. The Hall–Kier alpha value is -1.07. The van der Waals surface area contributed by atoms with Gasteiger partial charge in [-0.25, -0.2) is 4.98 Å². The van der Waals surface area contributed by atoms with E-state index in [1.807, 2.05) is 6.07 Å². The van der Waals surface area contributed by atoms with Crippen LogP contribution in [0.15, 0.2) is 32.9 Å². The standard InChI is InChI=1S/C8H6ClN3OS/c1-5-11-12-8(13-5)14-6-2-3-10-7(9)4-6/h2-4H,1H3. The van der Waals surface area contributed by atoms with Gasteiger partial charge in [0.05, 0.1) is 0 Å². The van der Waals surface area contributed by atoms with Crippen LogP contribution in [0.1, 0.15) is 5.89 Å². The summed E-state index contributed by atoms with van der Waals surface area (Å²) >= 11 is 7.08. The number of pyridine rings is 1. The van der Waals surface area contributed by atoms with E-state index in [1.54, 1.807) is 19.2 Å². The fourth-order valence-corrected chi connectivity index (χ4v) is 1.85. The molecule has 0 unspecified atom stereocenters. The highest BCUT2D eigenvalue weighted by Gasteiger charge is 2.04. The van der Waals surface area contributed by atoms with Crippen molar-refractivity contribution in [3.05, 3.63) is 29.4 Å². The van der Waals surface area contributed by atoms with Crippen LogP contribution in [0.4, 0.5) is 0 Å². The average Bonchev–Trinajstić information content (AvgIpc) is 2.51. The summed E-state index contributed by atoms with van der Waals surface area (Å²) in [6.45, 7) is 1.75. The van der Waals surface area contributed by atoms with Crippen LogP contribution in [0.5, 0.6) is 0 Å². The summed E-state index contributed by atoms with van der Waals surface area (Å²) in [5.74, 6) is 0.549. The predicted molar refractivity (Wildman–Crippen MR) is 52.4 cm³/mol. The molecule has 2 aromatic heterocycles. The zero-order valence-electron chi connectivity index (χ0n) is 7.27. The van der Waals surface area contributed by atoms with Gasteiger partial charge in [-0.2, -0.15) is 0 Å². The Kier molecular flexibility index (Phi) is 2.69. The number of rotatable bonds is 2. The summed E-state index contributed by atoms with van der Waals surface area (Å²) in [5.41, 5.74) is 0. The average molecular weight is 228 g/mol. The van der Waals surface area contributed by atoms with Gasteiger partial charge >= 0.3 is 0 Å². The summed E-state index contributed by atoms with van der Waals surface area (Å²) in [6, 6.07) is 3.57. The molecule has 0 saturated heterocycles. The Labute approximate surface area is 89.7 Å². The van der Waals surface area contributed by atoms with Gasteiger partial charge in [-0.1, -0.05) is 11.6 Å². The molecule has 0 atom stereocenters. The molecular formula is C8H6ClN3OS. The predicted octanol–water partition coefficient (Wildman–Crippen LogP) is 2.58. The van der Waals surface area contributed by atoms with Crippen LogP contribution >= 0.6 is 23.4 Å². The molecule has 0 aliphatic rings. The van der Waals surface area contributed by atoms with E-state index < -0.39 is 0 Å². The summed E-state index contributed by atoms with van der Waals surface area (Å²) in [5, 5.41) is 8.53. The lowest BCUT2D eigenvalue weighted by molar-refractivity contribution is 0.429. The van der Waals surface area contributed by atoms with E-state index in [9.17, 15) is 0 Å². The summed E-state index contributed by atoms with van der Waals surface area (Å²) in [7, 11) is 0. The largest absolute Gasteiger partial charge is 0.416 e. The van der Waals surface area contributed by atoms with E-state index in [2.05, 4.69) is 15.2 Å². The minimum atomic E-state index is 0.450. The van der Waals surface area contributed by atoms with Crippen LogP contribution in [-0.4, -0.2) is 15.2 Å². The van der Waals surface area contributed by atoms with Crippen LogP contribution in [0.3, 0.4) is 0 Å². The lowest BCUT2D eigenvalue weighted by Gasteiger charge is -1.95. The molecule has 2 heterocycles. The van der Waals surface area contributed by atoms with Crippen LogP contribution in [-0.2, 0) is 0 Å². The van der Waals surface area contributed by atoms with Gasteiger partial charge < -0.3 is 4.42 Å². The van der Waals surface area contributed by atoms with E-state index in [0.29, 0.717) is 16.3 Å². The minimum absolute atomic E-state index is 0.450. The maximum Gasteiger partial charge on any atom is 0.281 e. The van der Waals surface area contributed by atoms with Gasteiger partial charge in [0.1, 0.15) is 5.15 Å². The quantitative estimate of drug-likeness (QED) is 0.738. The first kappa shape index (κ1) is 9.48. The van der Waals surface area contributed by atoms with Crippen LogP contribution in [0.2, 0.25) is 5.15 Å². The fraction of sp³-hybridized carbons (Fsp3) is 0.125. The Morgan fingerprint density at radius 3 is 2.93 bits per heavy atom. The van der Waals surface area contributed by atoms with Crippen molar-refractivity contribution in [3.63, 3.8) is 0 Å². The van der Waals surface area contributed by atoms with Crippen molar-refractivity contribution in [3.8, 4) is 0 Å². The molecule has 0 N–H and O–H groups in total. The van der Waals surface area contributed by atoms with Crippen molar-refractivity contribution >= 4 is 23.4 Å². The van der Waals surface area contributed by atoms with Gasteiger partial charge in [0.25, 0.3) is 5.22 Å². The van der Waals surface area contributed by atoms with Crippen molar-refractivity contribution in [2.24, 2.45) is 0 Å². The van der Waals surface area contributed by atoms with Crippen molar-refractivity contribution in [1.82, 2.24) is 15.2 Å². The van der Waals surface area contributed by atoms with Crippen molar-refractivity contribution < 1.29 is 4.42 Å². The number of nitrogens with zero attached hydrogens (tertiary/aromatic N) is 3. The van der Waals surface area contributed by atoms with Gasteiger partial charge in [0.2, 0.25) is 5.89 Å². The smallest absolute Gasteiger partial charge is 0.281 e. The van der Waals surface area contributed by atoms with Gasteiger partial charge in [0, 0.05) is 18.0 Å². The molecule has 0 amide bonds. The normalized spacial score (nSPS) is 10.4. The molecule has 0 aliphatic heterocycles. The van der Waals surface area contributed by atoms with E-state index in [0.717, 1.165) is 4.90 Å². The first-order chi connectivity index (χ1) is 6.74. The zero-order valence-corrected chi connectivity index (χ0v) is 8.84. The third kappa shape index (κ3) is 2.24. The van der Waals surface area contributed by atoms with Crippen molar-refractivity contribution in [2.75, 3.05) is 0 Å². The van der Waals surface area contributed by atoms with Crippen molar-refractivity contribution in [2.45, 2.75) is 17.0 Å². The number of aromatic nitrogens is 3. The number of halogens is 1. The third-order valence-corrected chi connectivity index (χ3v) is 2.45. The fourth-order valence-electron chi connectivity index (χ4n) is 0.869. The molecule has 2 aromatic rings. The number of hydrogen-bond acceptors (Lipinski definition) is 5. The highest BCUT2D eigenvalue weighted by Crippen LogP contribution is 2.26. The Morgan fingerprint density at radius 1 is 1.43 bits per heavy atom. The molecule has 0 radical (unpaired) electrons. The Balaban J connectivity index is 2.18. The lowest BCUT2D eigenvalue weighted by atomic mass is 10.5. The summed E-state index contributed by atoms with van der Waals surface area (Å²) in [4.78, 5) is 4.80. The summed E-state index contributed by atoms with van der Waals surface area (Å²) in [6.07, 6.45) is 1.63. The number of hydrogen-bond donors (Lipinski definition) is 0. The molecule has 0 aromatic carbocycles. The second kappa shape index (κ2) is 3.98. The molecule has 0 spiro atoms. The molecular weight excluding hydrogens is 222 g/mol. The highest BCUT2D eigenvalue weighted by molar-refractivity contribution is 7.99. The van der Waals surface area contributed by atoms with Crippen LogP contribution in [0.25, 0.3) is 0 Å². The van der Waals surface area contributed by atoms with Crippen LogP contribution < -0.4 is 0 Å². The molecule has 72 valence electrons. The topological polar surface area (TPSA) is 51.8 Å². The SMILES string of the molecule is Cc1nnc(Sc2ccnc(Cl)c2)o1. The summed E-state index contributed by atoms with van der Waals surface area (Å²) < 4.78 is 5.20. The number of aryl methyl sites for hydroxylation is 1. The van der Waals surface area contributed by atoms with Crippen molar-refractivity contribution in [1.29, 1.82) is 0 Å². The molecule has 0 bridgehead atoms. The van der Waals surface area contributed by atoms with E-state index >= 15 is 0 Å². The van der Waals surface area contributed by atoms with Gasteiger partial charge in [0.15, 0.2) is 0 Å². The zero-order chi connectivity index (χ0) is 9.97. The first-order valence-corrected chi connectivity index (χ1v) is 5.03. The van der Waals surface area contributed by atoms with Gasteiger partial charge in [-0.15, -0.1) is 10.2 Å².